The minimum Gasteiger partial charge on any atom is -0.478 e. The van der Waals surface area contributed by atoms with Crippen molar-refractivity contribution >= 4 is 5.97 Å². The Balaban J connectivity index is 2.55. The lowest BCUT2D eigenvalue weighted by Gasteiger charge is -1.99. The SMILES string of the molecule is CCn1cc(C(=O)O)c(-c2ccccc2)c1. The van der Waals surface area contributed by atoms with Crippen LogP contribution < -0.4 is 0 Å². The van der Waals surface area contributed by atoms with Crippen molar-refractivity contribution in [3.63, 3.8) is 0 Å². The zero-order valence-electron chi connectivity index (χ0n) is 9.05. The van der Waals surface area contributed by atoms with Crippen LogP contribution in [0.4, 0.5) is 0 Å². The molecule has 0 aliphatic rings. The Hall–Kier alpha value is -2.03. The van der Waals surface area contributed by atoms with E-state index in [4.69, 9.17) is 5.11 Å². The number of carboxylic acids is 1. The van der Waals surface area contributed by atoms with Crippen LogP contribution in [0.1, 0.15) is 17.3 Å². The fraction of sp³-hybridized carbons (Fsp3) is 0.154. The van der Waals surface area contributed by atoms with E-state index in [0.29, 0.717) is 5.56 Å². The van der Waals surface area contributed by atoms with Crippen molar-refractivity contribution in [2.24, 2.45) is 0 Å². The zero-order chi connectivity index (χ0) is 11.5. The first-order valence-electron chi connectivity index (χ1n) is 5.21. The molecule has 0 radical (unpaired) electrons. The molecule has 0 spiro atoms. The Morgan fingerprint density at radius 3 is 2.50 bits per heavy atom. The number of hydrogen-bond donors (Lipinski definition) is 1. The first-order valence-corrected chi connectivity index (χ1v) is 5.21. The van der Waals surface area contributed by atoms with Crippen LogP contribution in [-0.4, -0.2) is 15.6 Å². The molecule has 82 valence electrons. The highest BCUT2D eigenvalue weighted by molar-refractivity contribution is 5.95. The summed E-state index contributed by atoms with van der Waals surface area (Å²) in [5.41, 5.74) is 2.06. The Morgan fingerprint density at radius 1 is 1.25 bits per heavy atom. The number of nitrogens with zero attached hydrogens (tertiary/aromatic N) is 1. The Bertz CT molecular complexity index is 500. The lowest BCUT2D eigenvalue weighted by Crippen LogP contribution is -1.96. The second-order valence-corrected chi connectivity index (χ2v) is 3.59. The number of rotatable bonds is 3. The summed E-state index contributed by atoms with van der Waals surface area (Å²) in [5, 5.41) is 9.12. The zero-order valence-corrected chi connectivity index (χ0v) is 9.05. The third-order valence-electron chi connectivity index (χ3n) is 2.56. The van der Waals surface area contributed by atoms with Crippen LogP contribution in [0.25, 0.3) is 11.1 Å². The highest BCUT2D eigenvalue weighted by Crippen LogP contribution is 2.24. The van der Waals surface area contributed by atoms with E-state index in [1.807, 2.05) is 48.0 Å². The highest BCUT2D eigenvalue weighted by Gasteiger charge is 2.13. The van der Waals surface area contributed by atoms with E-state index in [2.05, 4.69) is 0 Å². The second kappa shape index (κ2) is 4.23. The predicted molar refractivity (Wildman–Crippen MR) is 62.5 cm³/mol. The maximum Gasteiger partial charge on any atom is 0.337 e. The van der Waals surface area contributed by atoms with Gasteiger partial charge in [-0.15, -0.1) is 0 Å². The number of carbonyl (C=O) groups is 1. The van der Waals surface area contributed by atoms with Gasteiger partial charge in [0.1, 0.15) is 0 Å². The average Bonchev–Trinajstić information content (AvgIpc) is 2.74. The minimum atomic E-state index is -0.883. The Kier molecular flexibility index (Phi) is 2.77. The Labute approximate surface area is 94.0 Å². The van der Waals surface area contributed by atoms with E-state index in [-0.39, 0.29) is 0 Å². The summed E-state index contributed by atoms with van der Waals surface area (Å²) in [5.74, 6) is -0.883. The summed E-state index contributed by atoms with van der Waals surface area (Å²) < 4.78 is 1.88. The molecule has 0 unspecified atom stereocenters. The fourth-order valence-electron chi connectivity index (χ4n) is 1.71. The maximum absolute atomic E-state index is 11.1. The molecule has 1 heterocycles. The molecule has 0 fully saturated rings. The third-order valence-corrected chi connectivity index (χ3v) is 2.56. The minimum absolute atomic E-state index is 0.355. The number of hydrogen-bond acceptors (Lipinski definition) is 1. The summed E-state index contributed by atoms with van der Waals surface area (Å²) in [7, 11) is 0. The van der Waals surface area contributed by atoms with Crippen LogP contribution in [-0.2, 0) is 6.54 Å². The first kappa shape index (κ1) is 10.5. The number of aromatic carboxylic acids is 1. The molecule has 1 N–H and O–H groups in total. The van der Waals surface area contributed by atoms with Crippen LogP contribution in [0.5, 0.6) is 0 Å². The second-order valence-electron chi connectivity index (χ2n) is 3.59. The molecule has 0 saturated heterocycles. The van der Waals surface area contributed by atoms with Crippen LogP contribution >= 0.6 is 0 Å². The van der Waals surface area contributed by atoms with Crippen molar-refractivity contribution < 1.29 is 9.90 Å². The van der Waals surface area contributed by atoms with Crippen LogP contribution in [0.3, 0.4) is 0 Å². The summed E-state index contributed by atoms with van der Waals surface area (Å²) >= 11 is 0. The summed E-state index contributed by atoms with van der Waals surface area (Å²) in [6, 6.07) is 9.57. The van der Waals surface area contributed by atoms with Gasteiger partial charge in [0.15, 0.2) is 0 Å². The van der Waals surface area contributed by atoms with Gasteiger partial charge in [-0.2, -0.15) is 0 Å². The van der Waals surface area contributed by atoms with Gasteiger partial charge in [-0.05, 0) is 12.5 Å². The van der Waals surface area contributed by atoms with E-state index >= 15 is 0 Å². The molecule has 0 bridgehead atoms. The molecule has 0 saturated carbocycles. The van der Waals surface area contributed by atoms with Crippen LogP contribution in [0.2, 0.25) is 0 Å². The van der Waals surface area contributed by atoms with E-state index in [9.17, 15) is 4.79 Å². The van der Waals surface area contributed by atoms with E-state index in [1.54, 1.807) is 6.20 Å². The number of benzene rings is 1. The maximum atomic E-state index is 11.1. The molecular weight excluding hydrogens is 202 g/mol. The molecule has 1 aromatic carbocycles. The number of aromatic nitrogens is 1. The molecule has 16 heavy (non-hydrogen) atoms. The molecule has 0 aliphatic heterocycles. The fourth-order valence-corrected chi connectivity index (χ4v) is 1.71. The largest absolute Gasteiger partial charge is 0.478 e. The highest BCUT2D eigenvalue weighted by atomic mass is 16.4. The van der Waals surface area contributed by atoms with Gasteiger partial charge < -0.3 is 9.67 Å². The van der Waals surface area contributed by atoms with Crippen molar-refractivity contribution in [3.05, 3.63) is 48.3 Å². The molecule has 0 aliphatic carbocycles. The summed E-state index contributed by atoms with van der Waals surface area (Å²) in [6.07, 6.45) is 3.55. The van der Waals surface area contributed by atoms with Gasteiger partial charge in [-0.25, -0.2) is 4.79 Å². The quantitative estimate of drug-likeness (QED) is 0.855. The molecular formula is C13H13NO2. The monoisotopic (exact) mass is 215 g/mol. The predicted octanol–water partition coefficient (Wildman–Crippen LogP) is 2.87. The summed E-state index contributed by atoms with van der Waals surface area (Å²) in [4.78, 5) is 11.1. The van der Waals surface area contributed by atoms with Gasteiger partial charge in [0, 0.05) is 24.5 Å². The molecule has 0 atom stereocenters. The van der Waals surface area contributed by atoms with Crippen molar-refractivity contribution in [1.82, 2.24) is 4.57 Å². The number of aryl methyl sites for hydroxylation is 1. The van der Waals surface area contributed by atoms with E-state index < -0.39 is 5.97 Å². The van der Waals surface area contributed by atoms with Crippen LogP contribution in [0.15, 0.2) is 42.7 Å². The summed E-state index contributed by atoms with van der Waals surface area (Å²) in [6.45, 7) is 2.76. The van der Waals surface area contributed by atoms with E-state index in [0.717, 1.165) is 17.7 Å². The van der Waals surface area contributed by atoms with Crippen LogP contribution in [0, 0.1) is 0 Å². The van der Waals surface area contributed by atoms with Gasteiger partial charge in [0.05, 0.1) is 5.56 Å². The topological polar surface area (TPSA) is 42.2 Å². The van der Waals surface area contributed by atoms with Gasteiger partial charge in [-0.1, -0.05) is 30.3 Å². The molecule has 2 rings (SSSR count). The average molecular weight is 215 g/mol. The molecule has 3 nitrogen and oxygen atoms in total. The molecule has 0 amide bonds. The van der Waals surface area contributed by atoms with E-state index in [1.165, 1.54) is 0 Å². The lowest BCUT2D eigenvalue weighted by atomic mass is 10.1. The van der Waals surface area contributed by atoms with Crippen molar-refractivity contribution in [2.75, 3.05) is 0 Å². The molecule has 3 heteroatoms. The van der Waals surface area contributed by atoms with Crippen molar-refractivity contribution in [3.8, 4) is 11.1 Å². The van der Waals surface area contributed by atoms with Gasteiger partial charge in [-0.3, -0.25) is 0 Å². The smallest absolute Gasteiger partial charge is 0.337 e. The van der Waals surface area contributed by atoms with Crippen molar-refractivity contribution in [2.45, 2.75) is 13.5 Å². The number of carboxylic acid groups (broad SMARTS) is 1. The molecule has 2 aromatic rings. The third kappa shape index (κ3) is 1.84. The van der Waals surface area contributed by atoms with Gasteiger partial charge in [0.25, 0.3) is 0 Å². The van der Waals surface area contributed by atoms with Crippen molar-refractivity contribution in [1.29, 1.82) is 0 Å². The van der Waals surface area contributed by atoms with Gasteiger partial charge >= 0.3 is 5.97 Å². The normalized spacial score (nSPS) is 10.3. The lowest BCUT2D eigenvalue weighted by molar-refractivity contribution is 0.0697. The first-order chi connectivity index (χ1) is 7.72. The van der Waals surface area contributed by atoms with Gasteiger partial charge in [0.2, 0.25) is 0 Å². The standard InChI is InChI=1S/C13H13NO2/c1-2-14-8-11(12(9-14)13(15)16)10-6-4-3-5-7-10/h3-9H,2H2,1H3,(H,15,16). The Morgan fingerprint density at radius 2 is 1.94 bits per heavy atom. The molecule has 1 aromatic heterocycles.